The zero-order chi connectivity index (χ0) is 14.7. The van der Waals surface area contributed by atoms with Gasteiger partial charge < -0.3 is 15.8 Å². The maximum atomic E-state index is 11.9. The van der Waals surface area contributed by atoms with Crippen LogP contribution in [0.2, 0.25) is 0 Å². The Morgan fingerprint density at radius 3 is 2.85 bits per heavy atom. The molecule has 1 aliphatic rings. The van der Waals surface area contributed by atoms with E-state index in [4.69, 9.17) is 10.5 Å². The first kappa shape index (κ1) is 15.1. The number of halogens is 1. The van der Waals surface area contributed by atoms with Gasteiger partial charge in [-0.05, 0) is 66.5 Å². The quantitative estimate of drug-likeness (QED) is 0.459. The van der Waals surface area contributed by atoms with Gasteiger partial charge in [-0.25, -0.2) is 4.79 Å². The smallest absolute Gasteiger partial charge is 0.340 e. The first-order valence-corrected chi connectivity index (χ1v) is 7.56. The fourth-order valence-electron chi connectivity index (χ4n) is 1.92. The number of ether oxygens (including phenoxy) is 1. The van der Waals surface area contributed by atoms with Gasteiger partial charge >= 0.3 is 5.97 Å². The molecule has 5 nitrogen and oxygen atoms in total. The molecule has 0 spiro atoms. The highest BCUT2D eigenvalue weighted by molar-refractivity contribution is 14.1. The lowest BCUT2D eigenvalue weighted by molar-refractivity contribution is -0.124. The van der Waals surface area contributed by atoms with Gasteiger partial charge in [0.1, 0.15) is 0 Å². The molecule has 1 amide bonds. The topological polar surface area (TPSA) is 81.4 Å². The first-order valence-electron chi connectivity index (χ1n) is 6.49. The standard InChI is InChI=1S/C14H17IN2O3/c1-8(9-2-3-9)17-13(18)7-20-14(19)11-6-10(15)4-5-12(11)16/h4-6,8-9H,2-3,7,16H2,1H3,(H,17,18)/t8-/m0/s1. The fourth-order valence-corrected chi connectivity index (χ4v) is 2.42. The van der Waals surface area contributed by atoms with Crippen molar-refractivity contribution in [1.82, 2.24) is 5.32 Å². The normalized spacial score (nSPS) is 15.5. The second-order valence-electron chi connectivity index (χ2n) is 5.00. The van der Waals surface area contributed by atoms with Crippen molar-refractivity contribution in [2.45, 2.75) is 25.8 Å². The average molecular weight is 388 g/mol. The lowest BCUT2D eigenvalue weighted by Gasteiger charge is -2.13. The number of nitrogens with one attached hydrogen (secondary N) is 1. The Balaban J connectivity index is 1.85. The van der Waals surface area contributed by atoms with Gasteiger partial charge in [-0.15, -0.1) is 0 Å². The Kier molecular flexibility index (Phi) is 4.85. The third-order valence-corrected chi connectivity index (χ3v) is 3.96. The Hall–Kier alpha value is -1.31. The molecular formula is C14H17IN2O3. The van der Waals surface area contributed by atoms with Crippen LogP contribution in [0.1, 0.15) is 30.1 Å². The number of nitrogen functional groups attached to an aromatic ring is 1. The third-order valence-electron chi connectivity index (χ3n) is 3.29. The van der Waals surface area contributed by atoms with Crippen LogP contribution in [0.3, 0.4) is 0 Å². The average Bonchev–Trinajstić information content (AvgIpc) is 3.23. The summed E-state index contributed by atoms with van der Waals surface area (Å²) in [5.74, 6) is -0.279. The number of amides is 1. The lowest BCUT2D eigenvalue weighted by Crippen LogP contribution is -2.37. The van der Waals surface area contributed by atoms with Crippen LogP contribution < -0.4 is 11.1 Å². The van der Waals surface area contributed by atoms with Gasteiger partial charge in [0.25, 0.3) is 5.91 Å². The van der Waals surface area contributed by atoms with Crippen LogP contribution in [0.4, 0.5) is 5.69 Å². The van der Waals surface area contributed by atoms with Crippen molar-refractivity contribution in [2.24, 2.45) is 5.92 Å². The molecule has 1 aromatic rings. The van der Waals surface area contributed by atoms with Crippen LogP contribution in [0.25, 0.3) is 0 Å². The third kappa shape index (κ3) is 4.09. The minimum atomic E-state index is -0.574. The van der Waals surface area contributed by atoms with Crippen LogP contribution in [0, 0.1) is 9.49 Å². The molecule has 1 fully saturated rings. The highest BCUT2D eigenvalue weighted by Crippen LogP contribution is 2.32. The molecule has 1 atom stereocenters. The number of carbonyl (C=O) groups is 2. The van der Waals surface area contributed by atoms with E-state index in [1.54, 1.807) is 18.2 Å². The van der Waals surface area contributed by atoms with Gasteiger partial charge in [0.05, 0.1) is 5.56 Å². The molecule has 2 rings (SSSR count). The molecule has 1 aliphatic carbocycles. The van der Waals surface area contributed by atoms with E-state index >= 15 is 0 Å². The van der Waals surface area contributed by atoms with Gasteiger partial charge in [0.2, 0.25) is 0 Å². The fraction of sp³-hybridized carbons (Fsp3) is 0.429. The first-order chi connectivity index (χ1) is 9.47. The van der Waals surface area contributed by atoms with Crippen LogP contribution in [-0.4, -0.2) is 24.5 Å². The SMILES string of the molecule is C[C@H](NC(=O)COC(=O)c1cc(I)ccc1N)C1CC1. The molecule has 3 N–H and O–H groups in total. The summed E-state index contributed by atoms with van der Waals surface area (Å²) < 4.78 is 5.88. The summed E-state index contributed by atoms with van der Waals surface area (Å²) in [5, 5.41) is 2.83. The number of rotatable bonds is 5. The van der Waals surface area contributed by atoms with Crippen molar-refractivity contribution in [1.29, 1.82) is 0 Å². The Morgan fingerprint density at radius 2 is 2.20 bits per heavy atom. The van der Waals surface area contributed by atoms with E-state index in [-0.39, 0.29) is 18.6 Å². The number of nitrogens with two attached hydrogens (primary N) is 1. The van der Waals surface area contributed by atoms with E-state index in [1.807, 2.05) is 6.92 Å². The molecule has 0 aliphatic heterocycles. The summed E-state index contributed by atoms with van der Waals surface area (Å²) >= 11 is 2.08. The predicted octanol–water partition coefficient (Wildman–Crippen LogP) is 1.94. The molecule has 20 heavy (non-hydrogen) atoms. The van der Waals surface area contributed by atoms with Gasteiger partial charge in [0, 0.05) is 15.3 Å². The van der Waals surface area contributed by atoms with Crippen molar-refractivity contribution in [3.05, 3.63) is 27.3 Å². The maximum absolute atomic E-state index is 11.9. The number of carbonyl (C=O) groups excluding carboxylic acids is 2. The number of hydrogen-bond acceptors (Lipinski definition) is 4. The summed E-state index contributed by atoms with van der Waals surface area (Å²) in [6.45, 7) is 1.69. The summed E-state index contributed by atoms with van der Waals surface area (Å²) in [6.07, 6.45) is 2.31. The van der Waals surface area contributed by atoms with E-state index in [0.717, 1.165) is 16.4 Å². The van der Waals surface area contributed by atoms with Gasteiger partial charge in [-0.1, -0.05) is 0 Å². The monoisotopic (exact) mass is 388 g/mol. The van der Waals surface area contributed by atoms with Gasteiger partial charge in [0.15, 0.2) is 6.61 Å². The second kappa shape index (κ2) is 6.43. The molecule has 0 heterocycles. The van der Waals surface area contributed by atoms with Crippen molar-refractivity contribution >= 4 is 40.2 Å². The highest BCUT2D eigenvalue weighted by Gasteiger charge is 2.29. The van der Waals surface area contributed by atoms with Crippen LogP contribution in [0.5, 0.6) is 0 Å². The summed E-state index contributed by atoms with van der Waals surface area (Å²) in [5.41, 5.74) is 6.36. The van der Waals surface area contributed by atoms with Crippen LogP contribution >= 0.6 is 22.6 Å². The number of benzene rings is 1. The van der Waals surface area contributed by atoms with Crippen molar-refractivity contribution in [3.63, 3.8) is 0 Å². The number of hydrogen-bond donors (Lipinski definition) is 2. The minimum absolute atomic E-state index is 0.143. The predicted molar refractivity (Wildman–Crippen MR) is 84.2 cm³/mol. The molecule has 0 saturated heterocycles. The Bertz CT molecular complexity index is 529. The van der Waals surface area contributed by atoms with E-state index in [2.05, 4.69) is 27.9 Å². The zero-order valence-electron chi connectivity index (χ0n) is 11.2. The Morgan fingerprint density at radius 1 is 1.50 bits per heavy atom. The molecule has 6 heteroatoms. The second-order valence-corrected chi connectivity index (χ2v) is 6.25. The molecular weight excluding hydrogens is 371 g/mol. The zero-order valence-corrected chi connectivity index (χ0v) is 13.3. The number of anilines is 1. The molecule has 0 bridgehead atoms. The highest BCUT2D eigenvalue weighted by atomic mass is 127. The molecule has 108 valence electrons. The Labute approximate surface area is 131 Å². The summed E-state index contributed by atoms with van der Waals surface area (Å²) in [6, 6.07) is 5.23. The molecule has 0 radical (unpaired) electrons. The van der Waals surface area contributed by atoms with E-state index in [0.29, 0.717) is 17.2 Å². The van der Waals surface area contributed by atoms with Gasteiger partial charge in [-0.2, -0.15) is 0 Å². The molecule has 1 aromatic carbocycles. The van der Waals surface area contributed by atoms with Crippen molar-refractivity contribution in [2.75, 3.05) is 12.3 Å². The van der Waals surface area contributed by atoms with Crippen LogP contribution in [-0.2, 0) is 9.53 Å². The van der Waals surface area contributed by atoms with Crippen LogP contribution in [0.15, 0.2) is 18.2 Å². The maximum Gasteiger partial charge on any atom is 0.340 e. The summed E-state index contributed by atoms with van der Waals surface area (Å²) in [4.78, 5) is 23.5. The van der Waals surface area contributed by atoms with Gasteiger partial charge in [-0.3, -0.25) is 4.79 Å². The molecule has 0 aromatic heterocycles. The van der Waals surface area contributed by atoms with E-state index < -0.39 is 5.97 Å². The minimum Gasteiger partial charge on any atom is -0.452 e. The molecule has 0 unspecified atom stereocenters. The van der Waals surface area contributed by atoms with Crippen molar-refractivity contribution in [3.8, 4) is 0 Å². The van der Waals surface area contributed by atoms with Crippen molar-refractivity contribution < 1.29 is 14.3 Å². The lowest BCUT2D eigenvalue weighted by atomic mass is 10.2. The number of esters is 1. The summed E-state index contributed by atoms with van der Waals surface area (Å²) in [7, 11) is 0. The van der Waals surface area contributed by atoms with E-state index in [9.17, 15) is 9.59 Å². The van der Waals surface area contributed by atoms with E-state index in [1.165, 1.54) is 0 Å². The molecule has 1 saturated carbocycles. The largest absolute Gasteiger partial charge is 0.452 e.